The molecule has 0 saturated heterocycles. The summed E-state index contributed by atoms with van der Waals surface area (Å²) in [6.07, 6.45) is -1.08. The number of phenols is 1. The van der Waals surface area contributed by atoms with Crippen LogP contribution in [0.3, 0.4) is 0 Å². The molecule has 3 fully saturated rings. The molecule has 0 radical (unpaired) electrons. The van der Waals surface area contributed by atoms with Gasteiger partial charge in [0.05, 0.1) is 23.2 Å². The highest BCUT2D eigenvalue weighted by atomic mass is 19.1. The van der Waals surface area contributed by atoms with Gasteiger partial charge in [0.1, 0.15) is 17.7 Å². The van der Waals surface area contributed by atoms with Gasteiger partial charge in [0.15, 0.2) is 34.7 Å². The Morgan fingerprint density at radius 2 is 1.80 bits per heavy atom. The number of phenolic OH excluding ortho intramolecular Hbond substituents is 1. The minimum Gasteiger partial charge on any atom is -0.505 e. The van der Waals surface area contributed by atoms with Gasteiger partial charge in [-0.1, -0.05) is 0 Å². The number of Topliss-reactive ketones (excluding diaryl/α,β-unsaturated/α-hetero) is 4. The summed E-state index contributed by atoms with van der Waals surface area (Å²) in [4.78, 5) is 79.6. The number of aromatic hydroxyl groups is 1. The van der Waals surface area contributed by atoms with E-state index in [0.717, 1.165) is 6.07 Å². The summed E-state index contributed by atoms with van der Waals surface area (Å²) in [5.74, 6) is -14.5. The number of alkyl halides is 1. The molecule has 3 saturated carbocycles. The van der Waals surface area contributed by atoms with Crippen LogP contribution in [-0.2, 0) is 30.4 Å². The van der Waals surface area contributed by atoms with Crippen LogP contribution in [0.25, 0.3) is 0 Å². The van der Waals surface area contributed by atoms with E-state index in [-0.39, 0.29) is 43.6 Å². The van der Waals surface area contributed by atoms with Crippen molar-refractivity contribution in [2.45, 2.75) is 49.9 Å². The van der Waals surface area contributed by atoms with Gasteiger partial charge in [-0.15, -0.1) is 0 Å². The van der Waals surface area contributed by atoms with Crippen molar-refractivity contribution in [1.29, 1.82) is 0 Å². The molecule has 4 aliphatic carbocycles. The maximum Gasteiger partial charge on any atom is 0.235 e. The van der Waals surface area contributed by atoms with Crippen molar-refractivity contribution >= 4 is 40.6 Å². The average molecular weight is 562 g/mol. The molecule has 4 aliphatic rings. The summed E-state index contributed by atoms with van der Waals surface area (Å²) in [5, 5.41) is 24.8. The monoisotopic (exact) mass is 561 g/mol. The van der Waals surface area contributed by atoms with E-state index in [2.05, 4.69) is 5.32 Å². The highest BCUT2D eigenvalue weighted by Crippen LogP contribution is 2.51. The third-order valence-electron chi connectivity index (χ3n) is 8.93. The van der Waals surface area contributed by atoms with Crippen molar-refractivity contribution in [2.24, 2.45) is 35.3 Å². The summed E-state index contributed by atoms with van der Waals surface area (Å²) in [6, 6.07) is -0.409. The number of amides is 2. The molecule has 13 heteroatoms. The Hall–Kier alpha value is -3.58. The number of anilines is 1. The molecule has 0 aliphatic heterocycles. The number of aliphatic hydroxyl groups is 1. The Kier molecular flexibility index (Phi) is 6.65. The Balaban J connectivity index is 1.52. The summed E-state index contributed by atoms with van der Waals surface area (Å²) >= 11 is 0. The number of hydrogen-bond donors (Lipinski definition) is 4. The number of ketones is 4. The van der Waals surface area contributed by atoms with Crippen molar-refractivity contribution in [3.05, 3.63) is 23.0 Å². The molecule has 0 bridgehead atoms. The van der Waals surface area contributed by atoms with Gasteiger partial charge in [-0.05, 0) is 51.6 Å². The van der Waals surface area contributed by atoms with E-state index >= 15 is 4.39 Å². The lowest BCUT2D eigenvalue weighted by molar-refractivity contribution is -0.181. The lowest BCUT2D eigenvalue weighted by atomic mass is 9.52. The van der Waals surface area contributed by atoms with Crippen molar-refractivity contribution in [1.82, 2.24) is 4.90 Å². The van der Waals surface area contributed by atoms with Gasteiger partial charge >= 0.3 is 0 Å². The number of halogens is 2. The normalized spacial score (nSPS) is 35.0. The first-order chi connectivity index (χ1) is 18.7. The van der Waals surface area contributed by atoms with Crippen LogP contribution in [0.2, 0.25) is 0 Å². The molecular formula is C27H29F2N3O8. The zero-order valence-electron chi connectivity index (χ0n) is 21.8. The van der Waals surface area contributed by atoms with Crippen molar-refractivity contribution in [2.75, 3.05) is 19.4 Å². The number of benzene rings is 1. The third-order valence-corrected chi connectivity index (χ3v) is 8.93. The summed E-state index contributed by atoms with van der Waals surface area (Å²) in [5.41, 5.74) is 1.21. The molecule has 5 rings (SSSR count). The lowest BCUT2D eigenvalue weighted by Gasteiger charge is -2.52. The van der Waals surface area contributed by atoms with Gasteiger partial charge in [-0.3, -0.25) is 33.7 Å². The predicted molar refractivity (Wildman–Crippen MR) is 132 cm³/mol. The fourth-order valence-electron chi connectivity index (χ4n) is 7.01. The third kappa shape index (κ3) is 3.97. The molecule has 11 nitrogen and oxygen atoms in total. The summed E-state index contributed by atoms with van der Waals surface area (Å²) in [7, 11) is 2.92. The van der Waals surface area contributed by atoms with Crippen LogP contribution < -0.4 is 11.1 Å². The van der Waals surface area contributed by atoms with Gasteiger partial charge in [-0.25, -0.2) is 8.78 Å². The van der Waals surface area contributed by atoms with E-state index in [1.54, 1.807) is 0 Å². The molecule has 2 unspecified atom stereocenters. The smallest absolute Gasteiger partial charge is 0.235 e. The van der Waals surface area contributed by atoms with Gasteiger partial charge in [-0.2, -0.15) is 0 Å². The highest BCUT2D eigenvalue weighted by Gasteiger charge is 2.69. The number of nitrogens with zero attached hydrogens (tertiary/aromatic N) is 1. The fourth-order valence-corrected chi connectivity index (χ4v) is 7.01. The maximum atomic E-state index is 15.3. The van der Waals surface area contributed by atoms with Gasteiger partial charge in [0.25, 0.3) is 0 Å². The molecule has 6 atom stereocenters. The van der Waals surface area contributed by atoms with Gasteiger partial charge in [0.2, 0.25) is 11.8 Å². The maximum absolute atomic E-state index is 15.3. The number of carbonyl (C=O) groups is 6. The average Bonchev–Trinajstić information content (AvgIpc) is 2.83. The zero-order valence-corrected chi connectivity index (χ0v) is 21.8. The second kappa shape index (κ2) is 9.51. The van der Waals surface area contributed by atoms with E-state index in [1.165, 1.54) is 19.0 Å². The fraction of sp³-hybridized carbons (Fsp3) is 0.556. The first-order valence-electron chi connectivity index (χ1n) is 13.0. The number of hydrogen-bond acceptors (Lipinski definition) is 9. The molecule has 0 aromatic heterocycles. The number of rotatable bonds is 5. The molecule has 1 aromatic rings. The quantitative estimate of drug-likeness (QED) is 0.286. The second-order valence-corrected chi connectivity index (χ2v) is 11.6. The number of likely N-dealkylation sites (N-methyl/N-ethyl adjacent to an activating group) is 1. The summed E-state index contributed by atoms with van der Waals surface area (Å²) < 4.78 is 28.4. The molecule has 40 heavy (non-hydrogen) atoms. The molecule has 2 amide bonds. The van der Waals surface area contributed by atoms with Crippen molar-refractivity contribution in [3.63, 3.8) is 0 Å². The molecule has 0 spiro atoms. The summed E-state index contributed by atoms with van der Waals surface area (Å²) in [6.45, 7) is 0. The molecule has 5 N–H and O–H groups in total. The van der Waals surface area contributed by atoms with Crippen LogP contribution >= 0.6 is 0 Å². The first-order valence-corrected chi connectivity index (χ1v) is 13.0. The number of carbonyl (C=O) groups excluding carboxylic acids is 6. The van der Waals surface area contributed by atoms with Crippen molar-refractivity contribution < 1.29 is 47.8 Å². The van der Waals surface area contributed by atoms with E-state index in [9.17, 15) is 43.4 Å². The number of primary amides is 1. The Morgan fingerprint density at radius 1 is 1.15 bits per heavy atom. The Morgan fingerprint density at radius 3 is 2.38 bits per heavy atom. The number of nitrogens with two attached hydrogens (primary N) is 1. The van der Waals surface area contributed by atoms with E-state index in [0.29, 0.717) is 0 Å². The van der Waals surface area contributed by atoms with Crippen LogP contribution in [0, 0.1) is 35.4 Å². The largest absolute Gasteiger partial charge is 0.505 e. The van der Waals surface area contributed by atoms with Gasteiger partial charge in [0, 0.05) is 24.0 Å². The van der Waals surface area contributed by atoms with Crippen LogP contribution in [-0.4, -0.2) is 82.0 Å². The topological polar surface area (TPSA) is 184 Å². The number of fused-ring (bicyclic) bond motifs is 3. The van der Waals surface area contributed by atoms with Crippen LogP contribution in [0.4, 0.5) is 14.5 Å². The first kappa shape index (κ1) is 28.0. The highest BCUT2D eigenvalue weighted by molar-refractivity contribution is 6.32. The van der Waals surface area contributed by atoms with E-state index < -0.39 is 99.3 Å². The van der Waals surface area contributed by atoms with E-state index in [4.69, 9.17) is 5.73 Å². The second-order valence-electron chi connectivity index (χ2n) is 11.6. The molecule has 0 heterocycles. The lowest BCUT2D eigenvalue weighted by Crippen LogP contribution is -2.74. The molecule has 1 aromatic carbocycles. The standard InChI is InChI=1S/C27H29F2N3O8/c1-32(2)20-13-7-10-6-12-14(29)8-15(31-16(33)5-9-3-11(28)4-9)21(34)18(12)22(35)17(10)24(37)27(13,40)25(38)19(23(20)36)26(30)39/h8-11,13,17,19-20,34,40H,3-7H2,1-2H3,(H2,30,39)(H,31,33)/t9?,10-,11?,13-,17?,19?,20-,27-/m0/s1. The van der Waals surface area contributed by atoms with Crippen molar-refractivity contribution in [3.8, 4) is 5.75 Å². The SMILES string of the molecule is CN(C)[C@@H]1C(=O)C(C(N)=O)C(=O)[C@@]2(O)C(=O)C3C(=O)c4c(O)c(NC(=O)CC5CC(F)C5)cc(F)c4C[C@H]3C[C@@H]12. The molecule has 214 valence electrons. The van der Waals surface area contributed by atoms with Gasteiger partial charge < -0.3 is 21.3 Å². The Bertz CT molecular complexity index is 1370. The van der Waals surface area contributed by atoms with Crippen LogP contribution in [0.15, 0.2) is 6.07 Å². The molecular weight excluding hydrogens is 532 g/mol. The number of nitrogens with one attached hydrogen (secondary N) is 1. The predicted octanol–water partition coefficient (Wildman–Crippen LogP) is 0.0828. The Labute approximate surface area is 227 Å². The zero-order chi connectivity index (χ0) is 29.4. The van der Waals surface area contributed by atoms with Crippen LogP contribution in [0.1, 0.15) is 41.6 Å². The minimum absolute atomic E-state index is 0.0704. The van der Waals surface area contributed by atoms with Crippen LogP contribution in [0.5, 0.6) is 5.75 Å². The minimum atomic E-state index is -2.89. The van der Waals surface area contributed by atoms with E-state index in [1.807, 2.05) is 0 Å².